The van der Waals surface area contributed by atoms with Crippen LogP contribution in [-0.2, 0) is 6.42 Å². The van der Waals surface area contributed by atoms with Crippen LogP contribution in [0.25, 0.3) is 32.2 Å². The summed E-state index contributed by atoms with van der Waals surface area (Å²) in [5, 5.41) is 4.99. The summed E-state index contributed by atoms with van der Waals surface area (Å²) in [5.74, 6) is 0. The summed E-state index contributed by atoms with van der Waals surface area (Å²) in [5.41, 5.74) is 12.3. The molecule has 24 heavy (non-hydrogen) atoms. The summed E-state index contributed by atoms with van der Waals surface area (Å²) >= 11 is 1.82. The van der Waals surface area contributed by atoms with E-state index >= 15 is 0 Å². The molecule has 0 radical (unpaired) electrons. The van der Waals surface area contributed by atoms with Crippen LogP contribution >= 0.6 is 11.3 Å². The van der Waals surface area contributed by atoms with Gasteiger partial charge in [0, 0.05) is 31.9 Å². The Morgan fingerprint density at radius 3 is 2.71 bits per heavy atom. The Bertz CT molecular complexity index is 994. The summed E-state index contributed by atoms with van der Waals surface area (Å²) in [6, 6.07) is 15.2. The fourth-order valence-corrected chi connectivity index (χ4v) is 4.48. The van der Waals surface area contributed by atoms with Crippen molar-refractivity contribution in [1.29, 1.82) is 0 Å². The number of para-hydroxylation sites is 1. The van der Waals surface area contributed by atoms with Crippen molar-refractivity contribution in [3.8, 4) is 11.3 Å². The largest absolute Gasteiger partial charge is 0.354 e. The van der Waals surface area contributed by atoms with Gasteiger partial charge in [-0.3, -0.25) is 0 Å². The number of nitrogens with one attached hydrogen (secondary N) is 1. The van der Waals surface area contributed by atoms with Crippen LogP contribution in [0.2, 0.25) is 0 Å². The molecule has 2 aromatic heterocycles. The molecule has 2 heterocycles. The molecule has 0 unspecified atom stereocenters. The number of fused-ring (bicyclic) bond motifs is 2. The van der Waals surface area contributed by atoms with E-state index in [4.69, 9.17) is 5.73 Å². The molecule has 122 valence electrons. The van der Waals surface area contributed by atoms with Gasteiger partial charge in [0.1, 0.15) is 0 Å². The van der Waals surface area contributed by atoms with Crippen molar-refractivity contribution in [3.05, 3.63) is 59.0 Å². The number of benzene rings is 2. The lowest BCUT2D eigenvalue weighted by atomic mass is 9.99. The molecule has 4 rings (SSSR count). The van der Waals surface area contributed by atoms with E-state index in [0.29, 0.717) is 0 Å². The maximum Gasteiger partial charge on any atom is 0.0512 e. The first-order valence-corrected chi connectivity index (χ1v) is 9.44. The third-order valence-corrected chi connectivity index (χ3v) is 5.74. The summed E-state index contributed by atoms with van der Waals surface area (Å²) in [7, 11) is 0. The van der Waals surface area contributed by atoms with E-state index in [2.05, 4.69) is 59.8 Å². The molecule has 3 N–H and O–H groups in total. The highest BCUT2D eigenvalue weighted by Crippen LogP contribution is 2.39. The third kappa shape index (κ3) is 2.54. The number of hydrogen-bond donors (Lipinski definition) is 2. The Morgan fingerprint density at radius 1 is 1.00 bits per heavy atom. The Labute approximate surface area is 146 Å². The number of unbranched alkanes of at least 4 members (excludes halogenated alkanes) is 1. The Kier molecular flexibility index (Phi) is 4.13. The monoisotopic (exact) mass is 334 g/mol. The topological polar surface area (TPSA) is 41.8 Å². The van der Waals surface area contributed by atoms with Gasteiger partial charge in [-0.05, 0) is 49.9 Å². The minimum absolute atomic E-state index is 0.762. The fourth-order valence-electron chi connectivity index (χ4n) is 3.53. The van der Waals surface area contributed by atoms with E-state index in [-0.39, 0.29) is 0 Å². The lowest BCUT2D eigenvalue weighted by Gasteiger charge is -2.04. The zero-order valence-corrected chi connectivity index (χ0v) is 14.7. The van der Waals surface area contributed by atoms with E-state index in [9.17, 15) is 0 Å². The molecule has 0 bridgehead atoms. The lowest BCUT2D eigenvalue weighted by molar-refractivity contribution is 0.748. The molecular formula is C21H22N2S. The molecule has 2 aromatic carbocycles. The Hall–Kier alpha value is -2.10. The summed E-state index contributed by atoms with van der Waals surface area (Å²) < 4.78 is 1.34. The van der Waals surface area contributed by atoms with Crippen LogP contribution in [0.3, 0.4) is 0 Å². The van der Waals surface area contributed by atoms with Crippen LogP contribution in [0.5, 0.6) is 0 Å². The minimum Gasteiger partial charge on any atom is -0.354 e. The van der Waals surface area contributed by atoms with Gasteiger partial charge in [0.15, 0.2) is 0 Å². The molecule has 0 aliphatic carbocycles. The second-order valence-corrected chi connectivity index (χ2v) is 7.28. The van der Waals surface area contributed by atoms with Crippen LogP contribution < -0.4 is 5.73 Å². The van der Waals surface area contributed by atoms with Gasteiger partial charge in [0.25, 0.3) is 0 Å². The molecule has 4 aromatic rings. The summed E-state index contributed by atoms with van der Waals surface area (Å²) in [6.45, 7) is 2.94. The third-order valence-electron chi connectivity index (χ3n) is 4.78. The normalized spacial score (nSPS) is 11.6. The van der Waals surface area contributed by atoms with Gasteiger partial charge >= 0.3 is 0 Å². The van der Waals surface area contributed by atoms with Crippen LogP contribution in [0.1, 0.15) is 24.0 Å². The maximum atomic E-state index is 5.71. The second kappa shape index (κ2) is 6.42. The SMILES string of the molecule is Cc1cccc2c(CCCCN)c(-c3csc4ccccc34)[nH]c12. The van der Waals surface area contributed by atoms with Crippen LogP contribution in [0.4, 0.5) is 0 Å². The van der Waals surface area contributed by atoms with Crippen molar-refractivity contribution < 1.29 is 0 Å². The second-order valence-electron chi connectivity index (χ2n) is 6.37. The number of aryl methyl sites for hydroxylation is 2. The van der Waals surface area contributed by atoms with E-state index in [1.54, 1.807) is 0 Å². The summed E-state index contributed by atoms with van der Waals surface area (Å²) in [4.78, 5) is 3.73. The van der Waals surface area contributed by atoms with E-state index in [1.807, 2.05) is 11.3 Å². The molecule has 0 aliphatic heterocycles. The molecule has 0 fully saturated rings. The zero-order valence-electron chi connectivity index (χ0n) is 13.9. The highest BCUT2D eigenvalue weighted by atomic mass is 32.1. The number of aromatic nitrogens is 1. The van der Waals surface area contributed by atoms with Crippen LogP contribution in [0, 0.1) is 6.92 Å². The first-order valence-electron chi connectivity index (χ1n) is 8.56. The number of hydrogen-bond acceptors (Lipinski definition) is 2. The molecule has 0 aliphatic rings. The quantitative estimate of drug-likeness (QED) is 0.456. The van der Waals surface area contributed by atoms with E-state index in [0.717, 1.165) is 25.8 Å². The Morgan fingerprint density at radius 2 is 1.83 bits per heavy atom. The lowest BCUT2D eigenvalue weighted by Crippen LogP contribution is -1.99. The highest BCUT2D eigenvalue weighted by Gasteiger charge is 2.16. The van der Waals surface area contributed by atoms with Gasteiger partial charge in [0.05, 0.1) is 5.69 Å². The van der Waals surface area contributed by atoms with Gasteiger partial charge in [0.2, 0.25) is 0 Å². The Balaban J connectivity index is 1.93. The van der Waals surface area contributed by atoms with Gasteiger partial charge in [-0.1, -0.05) is 36.4 Å². The average Bonchev–Trinajstić information content (AvgIpc) is 3.18. The molecule has 0 saturated carbocycles. The summed E-state index contributed by atoms with van der Waals surface area (Å²) in [6.07, 6.45) is 3.27. The molecule has 2 nitrogen and oxygen atoms in total. The zero-order chi connectivity index (χ0) is 16.5. The van der Waals surface area contributed by atoms with E-state index in [1.165, 1.54) is 43.4 Å². The first-order chi connectivity index (χ1) is 11.8. The van der Waals surface area contributed by atoms with Crippen molar-refractivity contribution >= 4 is 32.3 Å². The van der Waals surface area contributed by atoms with Crippen molar-refractivity contribution in [2.24, 2.45) is 5.73 Å². The van der Waals surface area contributed by atoms with Crippen molar-refractivity contribution in [1.82, 2.24) is 4.98 Å². The highest BCUT2D eigenvalue weighted by molar-refractivity contribution is 7.17. The number of aromatic amines is 1. The molecular weight excluding hydrogens is 312 g/mol. The van der Waals surface area contributed by atoms with E-state index < -0.39 is 0 Å². The smallest absolute Gasteiger partial charge is 0.0512 e. The minimum atomic E-state index is 0.762. The standard InChI is InChI=1S/C21H22N2S/c1-14-7-6-10-16-17(9-4-5-12-22)21(23-20(14)16)18-13-24-19-11-3-2-8-15(18)19/h2-3,6-8,10-11,13,23H,4-5,9,12,22H2,1H3. The van der Waals surface area contributed by atoms with Crippen LogP contribution in [0.15, 0.2) is 47.8 Å². The molecule has 3 heteroatoms. The van der Waals surface area contributed by atoms with Gasteiger partial charge in [-0.25, -0.2) is 0 Å². The number of H-pyrrole nitrogens is 1. The average molecular weight is 334 g/mol. The van der Waals surface area contributed by atoms with Crippen molar-refractivity contribution in [2.45, 2.75) is 26.2 Å². The van der Waals surface area contributed by atoms with Crippen molar-refractivity contribution in [3.63, 3.8) is 0 Å². The number of rotatable bonds is 5. The van der Waals surface area contributed by atoms with Gasteiger partial charge in [-0.2, -0.15) is 0 Å². The maximum absolute atomic E-state index is 5.71. The molecule has 0 spiro atoms. The fraction of sp³-hybridized carbons (Fsp3) is 0.238. The molecule has 0 atom stereocenters. The number of thiophene rings is 1. The van der Waals surface area contributed by atoms with Gasteiger partial charge < -0.3 is 10.7 Å². The predicted octanol–water partition coefficient (Wildman–Crippen LogP) is 5.64. The number of nitrogens with two attached hydrogens (primary N) is 1. The predicted molar refractivity (Wildman–Crippen MR) is 106 cm³/mol. The van der Waals surface area contributed by atoms with Crippen LogP contribution in [-0.4, -0.2) is 11.5 Å². The van der Waals surface area contributed by atoms with Gasteiger partial charge in [-0.15, -0.1) is 11.3 Å². The van der Waals surface area contributed by atoms with Crippen molar-refractivity contribution in [2.75, 3.05) is 6.54 Å². The first kappa shape index (κ1) is 15.4. The molecule has 0 amide bonds. The molecule has 0 saturated heterocycles.